The molecule has 2 saturated heterocycles. The molecule has 1 N–H and O–H groups in total. The maximum absolute atomic E-state index is 12.6. The first kappa shape index (κ1) is 16.6. The van der Waals surface area contributed by atoms with E-state index in [1.807, 2.05) is 24.0 Å². The first-order valence-corrected chi connectivity index (χ1v) is 8.41. The van der Waals surface area contributed by atoms with Gasteiger partial charge in [-0.1, -0.05) is 6.58 Å². The Kier molecular flexibility index (Phi) is 4.60. The molecule has 0 unspecified atom stereocenters. The Labute approximate surface area is 142 Å². The van der Waals surface area contributed by atoms with E-state index in [1.165, 1.54) is 0 Å². The highest BCUT2D eigenvalue weighted by molar-refractivity contribution is 5.94. The summed E-state index contributed by atoms with van der Waals surface area (Å²) in [4.78, 5) is 26.0. The maximum atomic E-state index is 12.6. The Hall–Kier alpha value is -2.30. The second-order valence-electron chi connectivity index (χ2n) is 7.02. The van der Waals surface area contributed by atoms with Gasteiger partial charge in [0.05, 0.1) is 0 Å². The molecule has 3 rings (SSSR count). The predicted octanol–water partition coefficient (Wildman–Crippen LogP) is 2.38. The van der Waals surface area contributed by atoms with E-state index in [1.54, 1.807) is 12.1 Å². The van der Waals surface area contributed by atoms with Crippen LogP contribution >= 0.6 is 0 Å². The summed E-state index contributed by atoms with van der Waals surface area (Å²) in [6.45, 7) is 8.36. The number of hydrogen-bond acceptors (Lipinski definition) is 3. The highest BCUT2D eigenvalue weighted by Crippen LogP contribution is 2.37. The van der Waals surface area contributed by atoms with Crippen LogP contribution in [0, 0.1) is 5.41 Å². The van der Waals surface area contributed by atoms with Gasteiger partial charge in [-0.05, 0) is 55.0 Å². The van der Waals surface area contributed by atoms with Crippen molar-refractivity contribution in [1.29, 1.82) is 0 Å². The van der Waals surface area contributed by atoms with Crippen LogP contribution in [0.15, 0.2) is 36.4 Å². The second-order valence-corrected chi connectivity index (χ2v) is 7.02. The third-order valence-corrected chi connectivity index (χ3v) is 4.89. The van der Waals surface area contributed by atoms with Crippen molar-refractivity contribution in [1.82, 2.24) is 10.2 Å². The predicted molar refractivity (Wildman–Crippen MR) is 91.9 cm³/mol. The molecule has 2 heterocycles. The van der Waals surface area contributed by atoms with Crippen LogP contribution in [-0.4, -0.2) is 43.0 Å². The Morgan fingerprint density at radius 2 is 1.96 bits per heavy atom. The molecule has 2 aliphatic heterocycles. The van der Waals surface area contributed by atoms with Crippen LogP contribution in [0.5, 0.6) is 5.75 Å². The van der Waals surface area contributed by atoms with Gasteiger partial charge in [0, 0.05) is 31.6 Å². The summed E-state index contributed by atoms with van der Waals surface area (Å²) >= 11 is 0. The van der Waals surface area contributed by atoms with Crippen LogP contribution in [0.3, 0.4) is 0 Å². The number of carbonyl (C=O) groups is 2. The molecule has 0 aromatic heterocycles. The zero-order valence-corrected chi connectivity index (χ0v) is 14.1. The Bertz CT molecular complexity index is 643. The lowest BCUT2D eigenvalue weighted by Crippen LogP contribution is -2.44. The lowest BCUT2D eigenvalue weighted by Gasteiger charge is -2.38. The van der Waals surface area contributed by atoms with E-state index in [0.717, 1.165) is 30.7 Å². The normalized spacial score (nSPS) is 19.2. The van der Waals surface area contributed by atoms with Gasteiger partial charge >= 0.3 is 0 Å². The molecule has 5 nitrogen and oxygen atoms in total. The molecule has 24 heavy (non-hydrogen) atoms. The number of ether oxygens (including phenoxy) is 1. The number of carbonyl (C=O) groups excluding carboxylic acids is 2. The Morgan fingerprint density at radius 1 is 1.29 bits per heavy atom. The van der Waals surface area contributed by atoms with Gasteiger partial charge in [0.1, 0.15) is 12.4 Å². The second kappa shape index (κ2) is 6.67. The molecule has 0 radical (unpaired) electrons. The summed E-state index contributed by atoms with van der Waals surface area (Å²) in [5.41, 5.74) is 1.69. The fourth-order valence-electron chi connectivity index (χ4n) is 3.37. The smallest absolute Gasteiger partial charge is 0.253 e. The van der Waals surface area contributed by atoms with Gasteiger partial charge in [0.15, 0.2) is 0 Å². The van der Waals surface area contributed by atoms with Crippen LogP contribution in [0.2, 0.25) is 0 Å². The van der Waals surface area contributed by atoms with E-state index in [-0.39, 0.29) is 17.2 Å². The molecule has 2 aliphatic rings. The number of amides is 2. The molecule has 0 bridgehead atoms. The van der Waals surface area contributed by atoms with Crippen LogP contribution in [0.4, 0.5) is 0 Å². The average Bonchev–Trinajstić information content (AvgIpc) is 2.94. The Morgan fingerprint density at radius 3 is 2.50 bits per heavy atom. The van der Waals surface area contributed by atoms with Crippen LogP contribution in [0.25, 0.3) is 0 Å². The van der Waals surface area contributed by atoms with E-state index >= 15 is 0 Å². The standard InChI is InChI=1S/C19H24N2O3/c1-14(2)12-24-16-5-3-15(4-6-16)18(23)21-9-7-19(8-10-21)11-17(22)20-13-19/h3-6H,1,7-13H2,2H3,(H,20,22). The monoisotopic (exact) mass is 328 g/mol. The first-order valence-electron chi connectivity index (χ1n) is 8.41. The number of likely N-dealkylation sites (tertiary alicyclic amines) is 1. The zero-order valence-electron chi connectivity index (χ0n) is 14.1. The summed E-state index contributed by atoms with van der Waals surface area (Å²) in [5.74, 6) is 0.927. The van der Waals surface area contributed by atoms with Crippen molar-refractivity contribution in [2.24, 2.45) is 5.41 Å². The number of piperidine rings is 1. The molecule has 5 heteroatoms. The lowest BCUT2D eigenvalue weighted by atomic mass is 9.77. The van der Waals surface area contributed by atoms with Crippen molar-refractivity contribution in [3.8, 4) is 5.75 Å². The van der Waals surface area contributed by atoms with Crippen molar-refractivity contribution in [2.45, 2.75) is 26.2 Å². The maximum Gasteiger partial charge on any atom is 0.253 e. The molecule has 2 amide bonds. The van der Waals surface area contributed by atoms with Crippen molar-refractivity contribution in [3.05, 3.63) is 42.0 Å². The van der Waals surface area contributed by atoms with Gasteiger partial charge in [-0.3, -0.25) is 9.59 Å². The van der Waals surface area contributed by atoms with Gasteiger partial charge in [-0.25, -0.2) is 0 Å². The molecule has 1 spiro atoms. The molecular formula is C19H24N2O3. The van der Waals surface area contributed by atoms with E-state index in [2.05, 4.69) is 11.9 Å². The molecular weight excluding hydrogens is 304 g/mol. The van der Waals surface area contributed by atoms with Crippen LogP contribution in [-0.2, 0) is 4.79 Å². The molecule has 1 aromatic carbocycles. The molecule has 2 fully saturated rings. The average molecular weight is 328 g/mol. The number of nitrogens with one attached hydrogen (secondary N) is 1. The topological polar surface area (TPSA) is 58.6 Å². The van der Waals surface area contributed by atoms with Gasteiger partial charge in [0.25, 0.3) is 5.91 Å². The minimum atomic E-state index is 0.0496. The van der Waals surface area contributed by atoms with E-state index in [4.69, 9.17) is 4.74 Å². The largest absolute Gasteiger partial charge is 0.489 e. The third-order valence-electron chi connectivity index (χ3n) is 4.89. The van der Waals surface area contributed by atoms with Crippen molar-refractivity contribution >= 4 is 11.8 Å². The third kappa shape index (κ3) is 3.61. The van der Waals surface area contributed by atoms with E-state index in [9.17, 15) is 9.59 Å². The zero-order chi connectivity index (χ0) is 17.2. The van der Waals surface area contributed by atoms with Crippen molar-refractivity contribution in [3.63, 3.8) is 0 Å². The summed E-state index contributed by atoms with van der Waals surface area (Å²) < 4.78 is 5.56. The quantitative estimate of drug-likeness (QED) is 0.864. The lowest BCUT2D eigenvalue weighted by molar-refractivity contribution is -0.119. The van der Waals surface area contributed by atoms with Crippen molar-refractivity contribution < 1.29 is 14.3 Å². The fourth-order valence-corrected chi connectivity index (χ4v) is 3.37. The summed E-state index contributed by atoms with van der Waals surface area (Å²) in [6, 6.07) is 7.25. The summed E-state index contributed by atoms with van der Waals surface area (Å²) in [7, 11) is 0. The number of benzene rings is 1. The molecule has 0 atom stereocenters. The van der Waals surface area contributed by atoms with Gasteiger partial charge < -0.3 is 15.0 Å². The minimum absolute atomic E-state index is 0.0496. The SMILES string of the molecule is C=C(C)COc1ccc(C(=O)N2CCC3(CC2)CNC(=O)C3)cc1. The van der Waals surface area contributed by atoms with E-state index in [0.29, 0.717) is 31.7 Å². The summed E-state index contributed by atoms with van der Waals surface area (Å²) in [6.07, 6.45) is 2.37. The molecule has 0 aliphatic carbocycles. The highest BCUT2D eigenvalue weighted by atomic mass is 16.5. The highest BCUT2D eigenvalue weighted by Gasteiger charge is 2.41. The van der Waals surface area contributed by atoms with Gasteiger partial charge in [-0.15, -0.1) is 0 Å². The van der Waals surface area contributed by atoms with E-state index < -0.39 is 0 Å². The minimum Gasteiger partial charge on any atom is -0.489 e. The molecule has 128 valence electrons. The fraction of sp³-hybridized carbons (Fsp3) is 0.474. The van der Waals surface area contributed by atoms with Gasteiger partial charge in [0.2, 0.25) is 5.91 Å². The van der Waals surface area contributed by atoms with Gasteiger partial charge in [-0.2, -0.15) is 0 Å². The first-order chi connectivity index (χ1) is 11.5. The van der Waals surface area contributed by atoms with Crippen molar-refractivity contribution in [2.75, 3.05) is 26.2 Å². The Balaban J connectivity index is 1.57. The number of rotatable bonds is 4. The molecule has 0 saturated carbocycles. The van der Waals surface area contributed by atoms with Crippen LogP contribution < -0.4 is 10.1 Å². The molecule has 1 aromatic rings. The van der Waals surface area contributed by atoms with Crippen LogP contribution in [0.1, 0.15) is 36.5 Å². The number of nitrogens with zero attached hydrogens (tertiary/aromatic N) is 1. The number of hydrogen-bond donors (Lipinski definition) is 1. The summed E-state index contributed by atoms with van der Waals surface area (Å²) in [5, 5.41) is 2.92.